The third-order valence-electron chi connectivity index (χ3n) is 3.03. The molecule has 0 bridgehead atoms. The van der Waals surface area contributed by atoms with E-state index in [2.05, 4.69) is 4.98 Å². The second-order valence-corrected chi connectivity index (χ2v) is 4.77. The number of aryl methyl sites for hydroxylation is 1. The summed E-state index contributed by atoms with van der Waals surface area (Å²) in [6.07, 6.45) is 0.448. The van der Waals surface area contributed by atoms with E-state index in [1.807, 2.05) is 24.3 Å². The summed E-state index contributed by atoms with van der Waals surface area (Å²) in [7, 11) is 0. The van der Waals surface area contributed by atoms with E-state index in [-0.39, 0.29) is 12.0 Å². The topological polar surface area (TPSA) is 96.2 Å². The normalized spacial score (nSPS) is 12.5. The lowest BCUT2D eigenvalue weighted by molar-refractivity contribution is -0.137. The Hall–Kier alpha value is -2.14. The molecule has 5 nitrogen and oxygen atoms in total. The van der Waals surface area contributed by atoms with Crippen molar-refractivity contribution >= 4 is 16.9 Å². The quantitative estimate of drug-likeness (QED) is 0.769. The number of hydrogen-bond donors (Lipinski definition) is 3. The zero-order valence-corrected chi connectivity index (χ0v) is 10.6. The molecule has 0 aliphatic heterocycles. The number of carbonyl (C=O) groups is 1. The van der Waals surface area contributed by atoms with Gasteiger partial charge in [0, 0.05) is 17.1 Å². The highest BCUT2D eigenvalue weighted by Gasteiger charge is 2.09. The number of carboxylic acid groups (broad SMARTS) is 1. The average molecular weight is 260 g/mol. The molecule has 0 amide bonds. The average Bonchev–Trinajstić information content (AvgIpc) is 2.30. The SMILES string of the molecule is Cc1cc2cc(CC(N)CC(=O)O)ccc2[nH]c1=O. The molecule has 1 aromatic heterocycles. The van der Waals surface area contributed by atoms with E-state index in [4.69, 9.17) is 10.8 Å². The van der Waals surface area contributed by atoms with Crippen LogP contribution < -0.4 is 11.3 Å². The summed E-state index contributed by atoms with van der Waals surface area (Å²) in [6.45, 7) is 1.75. The van der Waals surface area contributed by atoms with Crippen LogP contribution in [0.2, 0.25) is 0 Å². The van der Waals surface area contributed by atoms with Crippen molar-refractivity contribution in [3.8, 4) is 0 Å². The summed E-state index contributed by atoms with van der Waals surface area (Å²) >= 11 is 0. The molecule has 19 heavy (non-hydrogen) atoms. The van der Waals surface area contributed by atoms with Crippen LogP contribution in [0, 0.1) is 6.92 Å². The number of fused-ring (bicyclic) bond motifs is 1. The van der Waals surface area contributed by atoms with E-state index in [0.717, 1.165) is 16.5 Å². The highest BCUT2D eigenvalue weighted by Crippen LogP contribution is 2.15. The lowest BCUT2D eigenvalue weighted by Gasteiger charge is -2.09. The number of H-pyrrole nitrogens is 1. The number of pyridine rings is 1. The van der Waals surface area contributed by atoms with Crippen LogP contribution in [-0.2, 0) is 11.2 Å². The Labute approximate surface area is 110 Å². The molecule has 1 heterocycles. The van der Waals surface area contributed by atoms with E-state index in [1.54, 1.807) is 6.92 Å². The molecule has 1 unspecified atom stereocenters. The van der Waals surface area contributed by atoms with Gasteiger partial charge in [-0.3, -0.25) is 9.59 Å². The Morgan fingerprint density at radius 2 is 2.16 bits per heavy atom. The molecule has 100 valence electrons. The van der Waals surface area contributed by atoms with Gasteiger partial charge in [-0.1, -0.05) is 6.07 Å². The van der Waals surface area contributed by atoms with Crippen molar-refractivity contribution in [2.24, 2.45) is 5.73 Å². The highest BCUT2D eigenvalue weighted by atomic mass is 16.4. The maximum atomic E-state index is 11.5. The number of hydrogen-bond acceptors (Lipinski definition) is 3. The van der Waals surface area contributed by atoms with Gasteiger partial charge < -0.3 is 15.8 Å². The summed E-state index contributed by atoms with van der Waals surface area (Å²) in [5, 5.41) is 9.61. The molecule has 0 aliphatic carbocycles. The Kier molecular flexibility index (Phi) is 3.66. The zero-order chi connectivity index (χ0) is 14.0. The third-order valence-corrected chi connectivity index (χ3v) is 3.03. The van der Waals surface area contributed by atoms with Crippen LogP contribution >= 0.6 is 0 Å². The van der Waals surface area contributed by atoms with Crippen molar-refractivity contribution < 1.29 is 9.90 Å². The van der Waals surface area contributed by atoms with Gasteiger partial charge in [0.25, 0.3) is 5.56 Å². The molecule has 0 spiro atoms. The van der Waals surface area contributed by atoms with E-state index in [0.29, 0.717) is 12.0 Å². The number of nitrogens with one attached hydrogen (secondary N) is 1. The number of nitrogens with two attached hydrogens (primary N) is 1. The van der Waals surface area contributed by atoms with E-state index < -0.39 is 12.0 Å². The van der Waals surface area contributed by atoms with Crippen LogP contribution in [0.15, 0.2) is 29.1 Å². The van der Waals surface area contributed by atoms with Crippen molar-refractivity contribution in [1.82, 2.24) is 4.98 Å². The molecule has 0 radical (unpaired) electrons. The Morgan fingerprint density at radius 3 is 2.84 bits per heavy atom. The first-order valence-corrected chi connectivity index (χ1v) is 6.05. The predicted octanol–water partition coefficient (Wildman–Crippen LogP) is 1.18. The second-order valence-electron chi connectivity index (χ2n) is 4.77. The molecule has 1 aromatic carbocycles. The summed E-state index contributed by atoms with van der Waals surface area (Å²) in [4.78, 5) is 24.8. The number of aliphatic carboxylic acids is 1. The standard InChI is InChI=1S/C14H16N2O3/c1-8-4-10-5-9(6-11(15)7-13(17)18)2-3-12(10)16-14(8)19/h2-5,11H,6-7,15H2,1H3,(H,16,19)(H,17,18). The van der Waals surface area contributed by atoms with E-state index in [9.17, 15) is 9.59 Å². The number of aromatic nitrogens is 1. The second kappa shape index (κ2) is 5.24. The summed E-state index contributed by atoms with van der Waals surface area (Å²) in [6, 6.07) is 7.02. The lowest BCUT2D eigenvalue weighted by atomic mass is 10.0. The third kappa shape index (κ3) is 3.20. The van der Waals surface area contributed by atoms with Crippen LogP contribution in [0.25, 0.3) is 10.9 Å². The molecule has 0 fully saturated rings. The van der Waals surface area contributed by atoms with Gasteiger partial charge in [-0.2, -0.15) is 0 Å². The lowest BCUT2D eigenvalue weighted by Crippen LogP contribution is -2.26. The summed E-state index contributed by atoms with van der Waals surface area (Å²) in [5.41, 5.74) is 8.06. The molecule has 2 rings (SSSR count). The monoisotopic (exact) mass is 260 g/mol. The maximum absolute atomic E-state index is 11.5. The van der Waals surface area contributed by atoms with Crippen molar-refractivity contribution in [2.75, 3.05) is 0 Å². The highest BCUT2D eigenvalue weighted by molar-refractivity contribution is 5.79. The Morgan fingerprint density at radius 1 is 1.42 bits per heavy atom. The molecule has 4 N–H and O–H groups in total. The first kappa shape index (κ1) is 13.3. The Balaban J connectivity index is 2.28. The molecular weight excluding hydrogens is 244 g/mol. The van der Waals surface area contributed by atoms with Crippen LogP contribution in [0.4, 0.5) is 0 Å². The first-order valence-electron chi connectivity index (χ1n) is 6.05. The number of aromatic amines is 1. The van der Waals surface area contributed by atoms with Crippen LogP contribution in [0.5, 0.6) is 0 Å². The van der Waals surface area contributed by atoms with Crippen LogP contribution in [-0.4, -0.2) is 22.1 Å². The van der Waals surface area contributed by atoms with Crippen molar-refractivity contribution in [3.63, 3.8) is 0 Å². The minimum atomic E-state index is -0.895. The molecule has 0 saturated carbocycles. The number of carboxylic acids is 1. The van der Waals surface area contributed by atoms with Gasteiger partial charge in [0.2, 0.25) is 0 Å². The molecule has 2 aromatic rings. The van der Waals surface area contributed by atoms with Crippen LogP contribution in [0.3, 0.4) is 0 Å². The minimum Gasteiger partial charge on any atom is -0.481 e. The molecule has 0 saturated heterocycles. The largest absolute Gasteiger partial charge is 0.481 e. The maximum Gasteiger partial charge on any atom is 0.304 e. The van der Waals surface area contributed by atoms with Gasteiger partial charge in [0.1, 0.15) is 0 Å². The molecule has 0 aliphatic rings. The van der Waals surface area contributed by atoms with Gasteiger partial charge in [-0.25, -0.2) is 0 Å². The number of rotatable bonds is 4. The fourth-order valence-electron chi connectivity index (χ4n) is 2.09. The van der Waals surface area contributed by atoms with E-state index in [1.165, 1.54) is 0 Å². The Bertz CT molecular complexity index is 676. The van der Waals surface area contributed by atoms with Gasteiger partial charge in [-0.15, -0.1) is 0 Å². The van der Waals surface area contributed by atoms with Gasteiger partial charge in [-0.05, 0) is 42.5 Å². The number of benzene rings is 1. The molecule has 1 atom stereocenters. The van der Waals surface area contributed by atoms with Gasteiger partial charge in [0.05, 0.1) is 6.42 Å². The predicted molar refractivity (Wildman–Crippen MR) is 73.2 cm³/mol. The van der Waals surface area contributed by atoms with Crippen molar-refractivity contribution in [1.29, 1.82) is 0 Å². The summed E-state index contributed by atoms with van der Waals surface area (Å²) < 4.78 is 0. The van der Waals surface area contributed by atoms with E-state index >= 15 is 0 Å². The van der Waals surface area contributed by atoms with Gasteiger partial charge >= 0.3 is 5.97 Å². The molecular formula is C14H16N2O3. The first-order chi connectivity index (χ1) is 8.95. The smallest absolute Gasteiger partial charge is 0.304 e. The zero-order valence-electron chi connectivity index (χ0n) is 10.6. The van der Waals surface area contributed by atoms with Crippen molar-refractivity contribution in [3.05, 3.63) is 45.7 Å². The summed E-state index contributed by atoms with van der Waals surface area (Å²) in [5.74, 6) is -0.895. The van der Waals surface area contributed by atoms with Crippen LogP contribution in [0.1, 0.15) is 17.5 Å². The van der Waals surface area contributed by atoms with Crippen molar-refractivity contribution in [2.45, 2.75) is 25.8 Å². The fourth-order valence-corrected chi connectivity index (χ4v) is 2.09. The van der Waals surface area contributed by atoms with Gasteiger partial charge in [0.15, 0.2) is 0 Å². The fraction of sp³-hybridized carbons (Fsp3) is 0.286. The minimum absolute atomic E-state index is 0.0529. The molecule has 5 heteroatoms.